The third kappa shape index (κ3) is 0.719. The van der Waals surface area contributed by atoms with Gasteiger partial charge in [-0.05, 0) is 19.8 Å². The first-order valence-electron chi connectivity index (χ1n) is 2.90. The van der Waals surface area contributed by atoms with Crippen LogP contribution in [0.1, 0.15) is 19.8 Å². The molecule has 1 saturated carbocycles. The lowest BCUT2D eigenvalue weighted by molar-refractivity contribution is 0.205. The molecule has 0 bridgehead atoms. The van der Waals surface area contributed by atoms with Crippen molar-refractivity contribution in [3.05, 3.63) is 0 Å². The fraction of sp³-hybridized carbons (Fsp3) is 0.714. The highest BCUT2D eigenvalue weighted by atomic mass is 14.7. The highest BCUT2D eigenvalue weighted by Gasteiger charge is 2.35. The van der Waals surface area contributed by atoms with Crippen LogP contribution in [0.2, 0.25) is 0 Å². The number of hydrogen-bond acceptors (Lipinski definition) is 1. The summed E-state index contributed by atoms with van der Waals surface area (Å²) in [7, 11) is 0. The van der Waals surface area contributed by atoms with Gasteiger partial charge in [0.15, 0.2) is 0 Å². The van der Waals surface area contributed by atoms with Gasteiger partial charge in [0.25, 0.3) is 0 Å². The predicted molar refractivity (Wildman–Crippen MR) is 34.1 cm³/mol. The van der Waals surface area contributed by atoms with Crippen LogP contribution in [0.3, 0.4) is 0 Å². The minimum Gasteiger partial charge on any atom is -0.328 e. The summed E-state index contributed by atoms with van der Waals surface area (Å²) in [5, 5.41) is 0. The van der Waals surface area contributed by atoms with E-state index in [1.165, 1.54) is 0 Å². The summed E-state index contributed by atoms with van der Waals surface area (Å²) in [5.41, 5.74) is 5.67. The van der Waals surface area contributed by atoms with Gasteiger partial charge in [0.2, 0.25) is 0 Å². The van der Waals surface area contributed by atoms with Crippen LogP contribution in [-0.4, -0.2) is 6.04 Å². The molecule has 44 valence electrons. The molecule has 0 aromatic carbocycles. The van der Waals surface area contributed by atoms with Gasteiger partial charge >= 0.3 is 0 Å². The van der Waals surface area contributed by atoms with Gasteiger partial charge in [-0.1, -0.05) is 0 Å². The smallest absolute Gasteiger partial charge is 0.0313 e. The van der Waals surface area contributed by atoms with Crippen LogP contribution in [0, 0.1) is 17.8 Å². The van der Waals surface area contributed by atoms with E-state index in [-0.39, 0.29) is 5.41 Å². The van der Waals surface area contributed by atoms with Gasteiger partial charge < -0.3 is 5.73 Å². The third-order valence-corrected chi connectivity index (χ3v) is 1.77. The summed E-state index contributed by atoms with van der Waals surface area (Å²) in [5.74, 6) is 2.73. The molecular formula is C7H11N. The standard InChI is InChI=1S/C7H11N/c1-3-7(2)4-6(8)5-7/h1,6H,4-5,8H2,2H3. The Labute approximate surface area is 50.3 Å². The zero-order valence-electron chi connectivity index (χ0n) is 5.15. The molecule has 0 aromatic rings. The van der Waals surface area contributed by atoms with E-state index in [0.717, 1.165) is 12.8 Å². The Morgan fingerprint density at radius 3 is 2.38 bits per heavy atom. The van der Waals surface area contributed by atoms with Crippen molar-refractivity contribution in [1.29, 1.82) is 0 Å². The lowest BCUT2D eigenvalue weighted by atomic mass is 9.68. The number of terminal acetylenes is 1. The molecule has 1 fully saturated rings. The first-order chi connectivity index (χ1) is 3.66. The molecule has 0 saturated heterocycles. The third-order valence-electron chi connectivity index (χ3n) is 1.77. The Kier molecular flexibility index (Phi) is 1.06. The number of nitrogens with two attached hydrogens (primary N) is 1. The van der Waals surface area contributed by atoms with Crippen LogP contribution in [0.5, 0.6) is 0 Å². The van der Waals surface area contributed by atoms with Crippen molar-refractivity contribution in [2.75, 3.05) is 0 Å². The maximum atomic E-state index is 5.53. The molecule has 0 radical (unpaired) electrons. The average molecular weight is 109 g/mol. The first kappa shape index (κ1) is 5.65. The Bertz CT molecular complexity index is 126. The molecular weight excluding hydrogens is 98.1 g/mol. The minimum atomic E-state index is 0.138. The monoisotopic (exact) mass is 109 g/mol. The van der Waals surface area contributed by atoms with E-state index in [2.05, 4.69) is 12.8 Å². The van der Waals surface area contributed by atoms with Gasteiger partial charge in [-0.15, -0.1) is 12.3 Å². The summed E-state index contributed by atoms with van der Waals surface area (Å²) in [4.78, 5) is 0. The molecule has 1 rings (SSSR count). The average Bonchev–Trinajstić information content (AvgIpc) is 1.63. The minimum absolute atomic E-state index is 0.138. The van der Waals surface area contributed by atoms with Gasteiger partial charge in [0, 0.05) is 11.5 Å². The molecule has 0 aliphatic heterocycles. The quantitative estimate of drug-likeness (QED) is 0.456. The molecule has 0 heterocycles. The van der Waals surface area contributed by atoms with Crippen LogP contribution >= 0.6 is 0 Å². The second-order valence-corrected chi connectivity index (χ2v) is 2.87. The van der Waals surface area contributed by atoms with E-state index in [1.807, 2.05) is 0 Å². The zero-order valence-corrected chi connectivity index (χ0v) is 5.15. The summed E-state index contributed by atoms with van der Waals surface area (Å²) in [6.45, 7) is 2.08. The van der Waals surface area contributed by atoms with E-state index in [4.69, 9.17) is 12.2 Å². The summed E-state index contributed by atoms with van der Waals surface area (Å²) in [6, 6.07) is 0.371. The van der Waals surface area contributed by atoms with Crippen molar-refractivity contribution in [2.45, 2.75) is 25.8 Å². The van der Waals surface area contributed by atoms with Gasteiger partial charge in [0.05, 0.1) is 0 Å². The van der Waals surface area contributed by atoms with E-state index in [1.54, 1.807) is 0 Å². The van der Waals surface area contributed by atoms with Crippen molar-refractivity contribution < 1.29 is 0 Å². The zero-order chi connectivity index (χ0) is 6.20. The maximum absolute atomic E-state index is 5.53. The first-order valence-corrected chi connectivity index (χ1v) is 2.90. The van der Waals surface area contributed by atoms with E-state index in [9.17, 15) is 0 Å². The molecule has 0 amide bonds. The van der Waals surface area contributed by atoms with Crippen LogP contribution in [0.4, 0.5) is 0 Å². The number of rotatable bonds is 0. The molecule has 2 N–H and O–H groups in total. The summed E-state index contributed by atoms with van der Waals surface area (Å²) >= 11 is 0. The van der Waals surface area contributed by atoms with E-state index in [0.29, 0.717) is 6.04 Å². The Balaban J connectivity index is 2.44. The van der Waals surface area contributed by atoms with Crippen molar-refractivity contribution in [1.82, 2.24) is 0 Å². The molecule has 0 atom stereocenters. The van der Waals surface area contributed by atoms with Crippen LogP contribution in [0.15, 0.2) is 0 Å². The van der Waals surface area contributed by atoms with Crippen molar-refractivity contribution >= 4 is 0 Å². The molecule has 0 unspecified atom stereocenters. The molecule has 0 aromatic heterocycles. The normalized spacial score (nSPS) is 44.9. The Morgan fingerprint density at radius 2 is 2.25 bits per heavy atom. The predicted octanol–water partition coefficient (Wildman–Crippen LogP) is 0.747. The molecule has 1 heteroatoms. The maximum Gasteiger partial charge on any atom is 0.0313 e. The molecule has 1 aliphatic carbocycles. The fourth-order valence-corrected chi connectivity index (χ4v) is 1.22. The fourth-order valence-electron chi connectivity index (χ4n) is 1.22. The van der Waals surface area contributed by atoms with Crippen molar-refractivity contribution in [3.63, 3.8) is 0 Å². The van der Waals surface area contributed by atoms with Crippen LogP contribution in [0.25, 0.3) is 0 Å². The van der Waals surface area contributed by atoms with Crippen LogP contribution < -0.4 is 5.73 Å². The molecule has 0 spiro atoms. The van der Waals surface area contributed by atoms with E-state index >= 15 is 0 Å². The largest absolute Gasteiger partial charge is 0.328 e. The van der Waals surface area contributed by atoms with Gasteiger partial charge in [0.1, 0.15) is 0 Å². The van der Waals surface area contributed by atoms with Crippen LogP contribution in [-0.2, 0) is 0 Å². The Morgan fingerprint density at radius 1 is 1.75 bits per heavy atom. The second-order valence-electron chi connectivity index (χ2n) is 2.87. The Hall–Kier alpha value is -0.480. The number of hydrogen-bond donors (Lipinski definition) is 1. The lowest BCUT2D eigenvalue weighted by Gasteiger charge is -2.38. The highest BCUT2D eigenvalue weighted by molar-refractivity contribution is 5.11. The van der Waals surface area contributed by atoms with E-state index < -0.39 is 0 Å². The highest BCUT2D eigenvalue weighted by Crippen LogP contribution is 2.38. The second kappa shape index (κ2) is 1.50. The topological polar surface area (TPSA) is 26.0 Å². The lowest BCUT2D eigenvalue weighted by Crippen LogP contribution is -2.43. The van der Waals surface area contributed by atoms with Crippen molar-refractivity contribution in [2.24, 2.45) is 11.1 Å². The van der Waals surface area contributed by atoms with Gasteiger partial charge in [-0.3, -0.25) is 0 Å². The molecule has 1 aliphatic rings. The van der Waals surface area contributed by atoms with Gasteiger partial charge in [-0.25, -0.2) is 0 Å². The van der Waals surface area contributed by atoms with Gasteiger partial charge in [-0.2, -0.15) is 0 Å². The summed E-state index contributed by atoms with van der Waals surface area (Å²) < 4.78 is 0. The SMILES string of the molecule is C#CC1(C)CC(N)C1. The molecule has 1 nitrogen and oxygen atoms in total. The van der Waals surface area contributed by atoms with Crippen molar-refractivity contribution in [3.8, 4) is 12.3 Å². The summed E-state index contributed by atoms with van der Waals surface area (Å²) in [6.07, 6.45) is 7.23. The molecule has 8 heavy (non-hydrogen) atoms.